The number of aromatic nitrogens is 2. The topological polar surface area (TPSA) is 70.2 Å². The summed E-state index contributed by atoms with van der Waals surface area (Å²) in [5.74, 6) is 2.45. The quantitative estimate of drug-likeness (QED) is 0.645. The van der Waals surface area contributed by atoms with E-state index in [1.54, 1.807) is 18.2 Å². The van der Waals surface area contributed by atoms with Gasteiger partial charge in [-0.05, 0) is 50.8 Å². The van der Waals surface area contributed by atoms with Crippen LogP contribution in [0.2, 0.25) is 10.0 Å². The van der Waals surface area contributed by atoms with Crippen LogP contribution in [0.4, 0.5) is 17.3 Å². The van der Waals surface area contributed by atoms with Gasteiger partial charge in [0.25, 0.3) is 0 Å². The Kier molecular flexibility index (Phi) is 8.37. The first-order chi connectivity index (χ1) is 13.3. The molecule has 0 unspecified atom stereocenters. The third-order valence-corrected chi connectivity index (χ3v) is 5.30. The highest BCUT2D eigenvalue weighted by molar-refractivity contribution is 6.35. The largest absolute Gasteiger partial charge is 0.367 e. The van der Waals surface area contributed by atoms with Crippen molar-refractivity contribution in [1.82, 2.24) is 9.97 Å². The van der Waals surface area contributed by atoms with Gasteiger partial charge in [-0.15, -0.1) is 12.4 Å². The Labute approximate surface area is 187 Å². The Morgan fingerprint density at radius 3 is 2.24 bits per heavy atom. The molecule has 0 bridgehead atoms. The molecule has 0 radical (unpaired) electrons. The molecule has 1 amide bonds. The SMILES string of the molecule is Cc1nc(N[C@H]2CC[C@@H](C(=O)Nc3cc(Cl)cc(Cl)c3)CC2)cc(N(C)C)n1.Cl. The first kappa shape index (κ1) is 23.5. The van der Waals surface area contributed by atoms with Crippen molar-refractivity contribution in [3.63, 3.8) is 0 Å². The minimum Gasteiger partial charge on any atom is -0.367 e. The molecular formula is C20H26Cl3N5O. The monoisotopic (exact) mass is 457 g/mol. The van der Waals surface area contributed by atoms with E-state index in [0.29, 0.717) is 21.8 Å². The van der Waals surface area contributed by atoms with Gasteiger partial charge in [0.15, 0.2) is 0 Å². The second-order valence-electron chi connectivity index (χ2n) is 7.39. The number of benzene rings is 1. The molecule has 1 heterocycles. The van der Waals surface area contributed by atoms with E-state index >= 15 is 0 Å². The van der Waals surface area contributed by atoms with E-state index < -0.39 is 0 Å². The van der Waals surface area contributed by atoms with Gasteiger partial charge in [-0.1, -0.05) is 23.2 Å². The van der Waals surface area contributed by atoms with Crippen LogP contribution in [-0.4, -0.2) is 36.0 Å². The number of rotatable bonds is 5. The molecule has 2 aromatic rings. The summed E-state index contributed by atoms with van der Waals surface area (Å²) in [6.07, 6.45) is 3.47. The van der Waals surface area contributed by atoms with Gasteiger partial charge in [0.2, 0.25) is 5.91 Å². The van der Waals surface area contributed by atoms with Crippen molar-refractivity contribution < 1.29 is 4.79 Å². The summed E-state index contributed by atoms with van der Waals surface area (Å²) >= 11 is 12.0. The number of amides is 1. The summed E-state index contributed by atoms with van der Waals surface area (Å²) in [6.45, 7) is 1.89. The summed E-state index contributed by atoms with van der Waals surface area (Å²) in [4.78, 5) is 23.4. The zero-order chi connectivity index (χ0) is 20.3. The average Bonchev–Trinajstić information content (AvgIpc) is 2.60. The number of hydrogen-bond acceptors (Lipinski definition) is 5. The first-order valence-corrected chi connectivity index (χ1v) is 10.1. The van der Waals surface area contributed by atoms with E-state index in [4.69, 9.17) is 23.2 Å². The van der Waals surface area contributed by atoms with Gasteiger partial charge in [0.05, 0.1) is 0 Å². The molecule has 0 atom stereocenters. The van der Waals surface area contributed by atoms with Crippen molar-refractivity contribution >= 4 is 58.8 Å². The summed E-state index contributed by atoms with van der Waals surface area (Å²) < 4.78 is 0. The van der Waals surface area contributed by atoms with Crippen molar-refractivity contribution in [2.75, 3.05) is 29.6 Å². The maximum absolute atomic E-state index is 12.6. The third kappa shape index (κ3) is 6.63. The lowest BCUT2D eigenvalue weighted by molar-refractivity contribution is -0.120. The molecule has 0 spiro atoms. The van der Waals surface area contributed by atoms with Crippen LogP contribution in [0.5, 0.6) is 0 Å². The molecule has 29 heavy (non-hydrogen) atoms. The van der Waals surface area contributed by atoms with Crippen LogP contribution < -0.4 is 15.5 Å². The Morgan fingerprint density at radius 1 is 1.03 bits per heavy atom. The Morgan fingerprint density at radius 2 is 1.66 bits per heavy atom. The van der Waals surface area contributed by atoms with Gasteiger partial charge in [-0.25, -0.2) is 9.97 Å². The van der Waals surface area contributed by atoms with Crippen LogP contribution in [-0.2, 0) is 4.79 Å². The van der Waals surface area contributed by atoms with Crippen LogP contribution >= 0.6 is 35.6 Å². The lowest BCUT2D eigenvalue weighted by atomic mass is 9.85. The van der Waals surface area contributed by atoms with E-state index in [2.05, 4.69) is 20.6 Å². The molecule has 0 aliphatic heterocycles. The van der Waals surface area contributed by atoms with E-state index in [-0.39, 0.29) is 24.2 Å². The van der Waals surface area contributed by atoms with Crippen LogP contribution in [0.15, 0.2) is 24.3 Å². The Balaban J connectivity index is 0.00000300. The summed E-state index contributed by atoms with van der Waals surface area (Å²) in [5.41, 5.74) is 0.635. The van der Waals surface area contributed by atoms with E-state index in [0.717, 1.165) is 43.1 Å². The van der Waals surface area contributed by atoms with Gasteiger partial charge >= 0.3 is 0 Å². The molecule has 6 nitrogen and oxygen atoms in total. The lowest BCUT2D eigenvalue weighted by Crippen LogP contribution is -2.32. The summed E-state index contributed by atoms with van der Waals surface area (Å²) in [5, 5.41) is 7.44. The number of halogens is 3. The number of hydrogen-bond donors (Lipinski definition) is 2. The molecule has 1 aliphatic carbocycles. The first-order valence-electron chi connectivity index (χ1n) is 9.36. The highest BCUT2D eigenvalue weighted by Crippen LogP contribution is 2.29. The van der Waals surface area contributed by atoms with Crippen molar-refractivity contribution in [2.45, 2.75) is 38.6 Å². The zero-order valence-corrected chi connectivity index (χ0v) is 19.0. The second-order valence-corrected chi connectivity index (χ2v) is 8.27. The maximum atomic E-state index is 12.6. The lowest BCUT2D eigenvalue weighted by Gasteiger charge is -2.29. The number of nitrogens with one attached hydrogen (secondary N) is 2. The van der Waals surface area contributed by atoms with Gasteiger partial charge in [-0.3, -0.25) is 4.79 Å². The molecule has 0 saturated heterocycles. The highest BCUT2D eigenvalue weighted by Gasteiger charge is 2.26. The molecule has 1 aliphatic rings. The van der Waals surface area contributed by atoms with Crippen molar-refractivity contribution in [3.05, 3.63) is 40.1 Å². The number of anilines is 3. The van der Waals surface area contributed by atoms with Crippen LogP contribution in [0.1, 0.15) is 31.5 Å². The minimum atomic E-state index is -0.0136. The van der Waals surface area contributed by atoms with Crippen LogP contribution in [0, 0.1) is 12.8 Å². The predicted octanol–water partition coefficient (Wildman–Crippen LogP) is 5.19. The van der Waals surface area contributed by atoms with Gasteiger partial charge in [0, 0.05) is 47.9 Å². The molecule has 3 rings (SSSR count). The van der Waals surface area contributed by atoms with Crippen molar-refractivity contribution in [1.29, 1.82) is 0 Å². The third-order valence-electron chi connectivity index (χ3n) is 4.86. The van der Waals surface area contributed by atoms with Crippen LogP contribution in [0.25, 0.3) is 0 Å². The molecule has 158 valence electrons. The molecule has 1 saturated carbocycles. The second kappa shape index (κ2) is 10.3. The molecule has 2 N–H and O–H groups in total. The predicted molar refractivity (Wildman–Crippen MR) is 123 cm³/mol. The molecular weight excluding hydrogens is 433 g/mol. The van der Waals surface area contributed by atoms with E-state index in [9.17, 15) is 4.79 Å². The molecule has 1 fully saturated rings. The van der Waals surface area contributed by atoms with Crippen LogP contribution in [0.3, 0.4) is 0 Å². The normalized spacial score (nSPS) is 18.5. The van der Waals surface area contributed by atoms with Gasteiger partial charge in [-0.2, -0.15) is 0 Å². The average molecular weight is 459 g/mol. The summed E-state index contributed by atoms with van der Waals surface area (Å²) in [7, 11) is 3.92. The Hall–Kier alpha value is -1.76. The van der Waals surface area contributed by atoms with Crippen molar-refractivity contribution in [2.24, 2.45) is 5.92 Å². The fourth-order valence-electron chi connectivity index (χ4n) is 3.43. The molecule has 1 aromatic heterocycles. The maximum Gasteiger partial charge on any atom is 0.227 e. The standard InChI is InChI=1S/C20H25Cl2N5O.ClH/c1-12-23-18(11-19(24-12)27(2)3)25-16-6-4-13(5-7-16)20(28)26-17-9-14(21)8-15(22)10-17;/h8-11,13,16H,4-7H2,1-3H3,(H,26,28)(H,23,24,25);1H/t13-,16+;. The van der Waals surface area contributed by atoms with Crippen molar-refractivity contribution in [3.8, 4) is 0 Å². The zero-order valence-electron chi connectivity index (χ0n) is 16.7. The number of aryl methyl sites for hydroxylation is 1. The molecule has 9 heteroatoms. The fraction of sp³-hybridized carbons (Fsp3) is 0.450. The summed E-state index contributed by atoms with van der Waals surface area (Å²) in [6, 6.07) is 7.31. The Bertz CT molecular complexity index is 834. The minimum absolute atomic E-state index is 0. The molecule has 1 aromatic carbocycles. The van der Waals surface area contributed by atoms with Gasteiger partial charge < -0.3 is 15.5 Å². The van der Waals surface area contributed by atoms with E-state index in [1.165, 1.54) is 0 Å². The number of carbonyl (C=O) groups excluding carboxylic acids is 1. The highest BCUT2D eigenvalue weighted by atomic mass is 35.5. The van der Waals surface area contributed by atoms with E-state index in [1.807, 2.05) is 32.0 Å². The smallest absolute Gasteiger partial charge is 0.227 e. The number of nitrogens with zero attached hydrogens (tertiary/aromatic N) is 3. The number of carbonyl (C=O) groups is 1. The fourth-order valence-corrected chi connectivity index (χ4v) is 3.96. The van der Waals surface area contributed by atoms with Gasteiger partial charge in [0.1, 0.15) is 17.5 Å².